The predicted molar refractivity (Wildman–Crippen MR) is 223 cm³/mol. The third kappa shape index (κ3) is 8.22. The number of carbonyl (C=O) groups is 4. The summed E-state index contributed by atoms with van der Waals surface area (Å²) < 4.78 is 50.1. The van der Waals surface area contributed by atoms with Crippen molar-refractivity contribution in [2.45, 2.75) is 57.0 Å². The van der Waals surface area contributed by atoms with Gasteiger partial charge in [-0.15, -0.1) is 0 Å². The number of amides is 4. The van der Waals surface area contributed by atoms with Crippen LogP contribution < -0.4 is 15.5 Å². The largest absolute Gasteiger partial charge is 0.374 e. The van der Waals surface area contributed by atoms with Gasteiger partial charge in [-0.3, -0.25) is 29.2 Å². The van der Waals surface area contributed by atoms with Crippen LogP contribution in [-0.2, 0) is 20.9 Å². The SMILES string of the molecule is CN(C)C(=O)c1cc2c(-c3cc(F)c(N4CCC(c5ccc(NC6CCC(=O)NC6=O)cc5F)CC4)cc3Cl)cc(C3=CCCN(C(=O)CCn4cccn4)C3)c(F)c2[nH]1. The molecule has 2 fully saturated rings. The van der Waals surface area contributed by atoms with E-state index in [1.54, 1.807) is 72.5 Å². The molecule has 4 amide bonds. The van der Waals surface area contributed by atoms with Crippen molar-refractivity contribution in [3.63, 3.8) is 0 Å². The molecular formula is C44H44ClF3N8O4. The molecule has 0 saturated carbocycles. The zero-order valence-corrected chi connectivity index (χ0v) is 33.9. The third-order valence-electron chi connectivity index (χ3n) is 11.6. The Morgan fingerprint density at radius 3 is 2.48 bits per heavy atom. The van der Waals surface area contributed by atoms with E-state index in [4.69, 9.17) is 11.6 Å². The van der Waals surface area contributed by atoms with Crippen LogP contribution in [0.2, 0.25) is 5.02 Å². The third-order valence-corrected chi connectivity index (χ3v) is 11.9. The van der Waals surface area contributed by atoms with Crippen molar-refractivity contribution in [2.24, 2.45) is 0 Å². The second-order valence-corrected chi connectivity index (χ2v) is 16.1. The lowest BCUT2D eigenvalue weighted by Crippen LogP contribution is -2.47. The van der Waals surface area contributed by atoms with Crippen LogP contribution in [0.15, 0.2) is 67.0 Å². The molecule has 2 saturated heterocycles. The summed E-state index contributed by atoms with van der Waals surface area (Å²) in [5, 5.41) is 10.0. The number of hydrogen-bond acceptors (Lipinski definition) is 7. The molecule has 3 aromatic carbocycles. The topological polar surface area (TPSA) is 136 Å². The van der Waals surface area contributed by atoms with Crippen molar-refractivity contribution in [3.8, 4) is 11.1 Å². The zero-order valence-electron chi connectivity index (χ0n) is 33.2. The number of fused-ring (bicyclic) bond motifs is 1. The number of piperidine rings is 2. The van der Waals surface area contributed by atoms with Crippen molar-refractivity contribution in [1.29, 1.82) is 0 Å². The summed E-state index contributed by atoms with van der Waals surface area (Å²) in [6.45, 7) is 1.90. The molecule has 5 heterocycles. The van der Waals surface area contributed by atoms with Crippen molar-refractivity contribution in [2.75, 3.05) is 50.5 Å². The predicted octanol–water partition coefficient (Wildman–Crippen LogP) is 7.11. The average molecular weight is 841 g/mol. The molecule has 3 aliphatic rings. The van der Waals surface area contributed by atoms with Gasteiger partial charge in [0.25, 0.3) is 5.91 Å². The Kier molecular flexibility index (Phi) is 11.4. The summed E-state index contributed by atoms with van der Waals surface area (Å²) in [6.07, 6.45) is 7.67. The molecule has 3 N–H and O–H groups in total. The molecule has 12 nitrogen and oxygen atoms in total. The number of nitrogens with one attached hydrogen (secondary N) is 3. The van der Waals surface area contributed by atoms with Gasteiger partial charge in [0.2, 0.25) is 17.7 Å². The summed E-state index contributed by atoms with van der Waals surface area (Å²) in [5.74, 6) is -2.92. The Balaban J connectivity index is 1.03. The Labute approximate surface area is 349 Å². The highest BCUT2D eigenvalue weighted by Gasteiger charge is 2.30. The van der Waals surface area contributed by atoms with Crippen molar-refractivity contribution >= 4 is 63.1 Å². The summed E-state index contributed by atoms with van der Waals surface area (Å²) in [7, 11) is 3.18. The molecule has 0 spiro atoms. The van der Waals surface area contributed by atoms with Gasteiger partial charge in [-0.25, -0.2) is 13.2 Å². The van der Waals surface area contributed by atoms with E-state index in [9.17, 15) is 19.2 Å². The molecule has 0 bridgehead atoms. The second kappa shape index (κ2) is 16.9. The molecule has 0 aliphatic carbocycles. The Morgan fingerprint density at radius 2 is 1.77 bits per heavy atom. The van der Waals surface area contributed by atoms with Gasteiger partial charge in [-0.1, -0.05) is 23.7 Å². The monoisotopic (exact) mass is 840 g/mol. The van der Waals surface area contributed by atoms with Crippen LogP contribution >= 0.6 is 11.6 Å². The maximum atomic E-state index is 16.6. The molecule has 1 unspecified atom stereocenters. The Hall–Kier alpha value is -6.09. The Bertz CT molecular complexity index is 2530. The minimum Gasteiger partial charge on any atom is -0.374 e. The molecule has 5 aromatic rings. The van der Waals surface area contributed by atoms with Crippen LogP contribution in [0.1, 0.15) is 66.1 Å². The highest BCUT2D eigenvalue weighted by molar-refractivity contribution is 6.34. The van der Waals surface area contributed by atoms with Gasteiger partial charge in [-0.05, 0) is 90.8 Å². The van der Waals surface area contributed by atoms with Crippen LogP contribution in [0.25, 0.3) is 27.6 Å². The average Bonchev–Trinajstić information content (AvgIpc) is 3.94. The summed E-state index contributed by atoms with van der Waals surface area (Å²) >= 11 is 7.00. The summed E-state index contributed by atoms with van der Waals surface area (Å²) in [4.78, 5) is 57.9. The number of rotatable bonds is 10. The molecule has 60 heavy (non-hydrogen) atoms. The zero-order chi connectivity index (χ0) is 42.2. The first kappa shape index (κ1) is 40.7. The molecule has 8 rings (SSSR count). The van der Waals surface area contributed by atoms with Crippen LogP contribution in [0.3, 0.4) is 0 Å². The quantitative estimate of drug-likeness (QED) is 0.128. The molecule has 2 aromatic heterocycles. The number of H-pyrrole nitrogens is 1. The van der Waals surface area contributed by atoms with Crippen LogP contribution in [0.5, 0.6) is 0 Å². The van der Waals surface area contributed by atoms with E-state index in [-0.39, 0.29) is 70.5 Å². The molecule has 16 heteroatoms. The number of hydrogen-bond donors (Lipinski definition) is 3. The number of nitrogens with zero attached hydrogens (tertiary/aromatic N) is 5. The highest BCUT2D eigenvalue weighted by Crippen LogP contribution is 2.42. The number of benzene rings is 3. The lowest BCUT2D eigenvalue weighted by Gasteiger charge is -2.34. The van der Waals surface area contributed by atoms with Gasteiger partial charge in [0.15, 0.2) is 5.82 Å². The number of anilines is 2. The van der Waals surface area contributed by atoms with E-state index in [0.29, 0.717) is 85.2 Å². The normalized spacial score (nSPS) is 17.5. The fourth-order valence-corrected chi connectivity index (χ4v) is 8.68. The standard InChI is InChI=1S/C44H44ClF3N8O4/c1-53(2)44(60)37-22-32-30(20-29(41(48)42(32)51-37)26-5-3-14-55(24-26)40(58)12-18-56-15-4-13-49-56)31-21-35(47)38(23-33(31)45)54-16-10-25(11-17-54)28-7-6-27(19-34(28)46)50-36-8-9-39(57)52-43(36)59/h4-7,13,15,19-23,25,36,50-51H,3,8-12,14,16-18,24H2,1-2H3,(H,52,57,59). The lowest BCUT2D eigenvalue weighted by atomic mass is 9.88. The van der Waals surface area contributed by atoms with Gasteiger partial charge in [0.1, 0.15) is 23.4 Å². The summed E-state index contributed by atoms with van der Waals surface area (Å²) in [5.41, 5.74) is 2.97. The van der Waals surface area contributed by atoms with Crippen molar-refractivity contribution in [3.05, 3.63) is 106 Å². The molecular weight excluding hydrogens is 797 g/mol. The number of carbonyl (C=O) groups excluding carboxylic acids is 4. The van der Waals surface area contributed by atoms with Gasteiger partial charge in [-0.2, -0.15) is 5.10 Å². The molecule has 312 valence electrons. The second-order valence-electron chi connectivity index (χ2n) is 15.7. The van der Waals surface area contributed by atoms with Gasteiger partial charge >= 0.3 is 0 Å². The minimum absolute atomic E-state index is 0.0605. The minimum atomic E-state index is -0.630. The van der Waals surface area contributed by atoms with Gasteiger partial charge in [0, 0.05) is 94.3 Å². The molecule has 0 radical (unpaired) electrons. The van der Waals surface area contributed by atoms with Gasteiger partial charge < -0.3 is 25.0 Å². The first-order valence-corrected chi connectivity index (χ1v) is 20.4. The van der Waals surface area contributed by atoms with Crippen LogP contribution in [-0.4, -0.2) is 94.5 Å². The smallest absolute Gasteiger partial charge is 0.269 e. The van der Waals surface area contributed by atoms with Crippen molar-refractivity contribution < 1.29 is 32.3 Å². The first-order valence-electron chi connectivity index (χ1n) is 20.0. The highest BCUT2D eigenvalue weighted by atomic mass is 35.5. The number of halogens is 4. The van der Waals surface area contributed by atoms with E-state index < -0.39 is 29.4 Å². The maximum Gasteiger partial charge on any atom is 0.269 e. The molecule has 3 aliphatic heterocycles. The van der Waals surface area contributed by atoms with E-state index in [1.807, 2.05) is 11.0 Å². The van der Waals surface area contributed by atoms with E-state index in [1.165, 1.54) is 17.0 Å². The first-order chi connectivity index (χ1) is 28.8. The van der Waals surface area contributed by atoms with Gasteiger partial charge in [0.05, 0.1) is 16.2 Å². The van der Waals surface area contributed by atoms with Crippen molar-refractivity contribution in [1.82, 2.24) is 29.9 Å². The van der Waals surface area contributed by atoms with Crippen LogP contribution in [0.4, 0.5) is 24.5 Å². The maximum absolute atomic E-state index is 16.6. The fourth-order valence-electron chi connectivity index (χ4n) is 8.42. The lowest BCUT2D eigenvalue weighted by molar-refractivity contribution is -0.134. The Morgan fingerprint density at radius 1 is 0.967 bits per heavy atom. The van der Waals surface area contributed by atoms with E-state index >= 15 is 13.2 Å². The number of imide groups is 1. The van der Waals surface area contributed by atoms with E-state index in [0.717, 1.165) is 0 Å². The number of aromatic nitrogens is 3. The van der Waals surface area contributed by atoms with E-state index in [2.05, 4.69) is 20.7 Å². The van der Waals surface area contributed by atoms with Crippen LogP contribution in [0, 0.1) is 17.5 Å². The summed E-state index contributed by atoms with van der Waals surface area (Å²) in [6, 6.07) is 12.0. The number of aromatic amines is 1. The molecule has 1 atom stereocenters. The number of aryl methyl sites for hydroxylation is 1. The fraction of sp³-hybridized carbons (Fsp3) is 0.341.